The molecule has 0 saturated heterocycles. The number of fused-ring (bicyclic) bond motifs is 3. The summed E-state index contributed by atoms with van der Waals surface area (Å²) in [4.78, 5) is 33.7. The van der Waals surface area contributed by atoms with E-state index in [0.717, 1.165) is 93.3 Å². The van der Waals surface area contributed by atoms with Crippen molar-refractivity contribution in [3.05, 3.63) is 60.0 Å². The van der Waals surface area contributed by atoms with Crippen LogP contribution in [0.1, 0.15) is 114 Å². The van der Waals surface area contributed by atoms with Crippen LogP contribution in [0.2, 0.25) is 0 Å². The van der Waals surface area contributed by atoms with Gasteiger partial charge in [-0.05, 0) is 130 Å². The van der Waals surface area contributed by atoms with Gasteiger partial charge in [0.1, 0.15) is 18.2 Å². The van der Waals surface area contributed by atoms with Crippen molar-refractivity contribution in [2.45, 2.75) is 127 Å². The second-order valence-corrected chi connectivity index (χ2v) is 16.1. The first kappa shape index (κ1) is 35.5. The van der Waals surface area contributed by atoms with Crippen LogP contribution in [0.25, 0.3) is 11.1 Å². The van der Waals surface area contributed by atoms with Gasteiger partial charge in [0.15, 0.2) is 0 Å². The normalized spacial score (nSPS) is 26.8. The van der Waals surface area contributed by atoms with Crippen LogP contribution in [-0.2, 0) is 14.9 Å². The zero-order valence-corrected chi connectivity index (χ0v) is 30.6. The predicted molar refractivity (Wildman–Crippen MR) is 197 cm³/mol. The third kappa shape index (κ3) is 7.66. The molecule has 2 N–H and O–H groups in total. The molecule has 3 unspecified atom stereocenters. The first-order valence-corrected chi connectivity index (χ1v) is 19.2. The van der Waals surface area contributed by atoms with Crippen LogP contribution in [0.5, 0.6) is 5.75 Å². The Morgan fingerprint density at radius 2 is 1.78 bits per heavy atom. The molecule has 3 aromatic rings. The number of rotatable bonds is 11. The van der Waals surface area contributed by atoms with E-state index in [4.69, 9.17) is 14.5 Å². The third-order valence-electron chi connectivity index (χ3n) is 12.7. The molecule has 1 aromatic carbocycles. The molecule has 2 bridgehead atoms. The number of pyridine rings is 1. The number of aryl methyl sites for hydroxylation is 1. The standard InChI is InChI=1S/C41H55N5O5/c1-28-21-33(9-12-36(28)50-3)41-17-14-40(15-18-41,16-19-41)27-45(38(48)30-7-5-4-6-8-30)37-22-31(13-20-42-37)32-24-43-46(25-32)29(2)26-51-39(49)44-34-10-11-35(47)23-34/h9,12-13,20-22,24-25,29-30,34-35,47H,4-8,10-11,14-19,23,26-27H2,1-3H3,(H,44,49). The number of methoxy groups -OCH3 is 1. The topological polar surface area (TPSA) is 119 Å². The molecule has 5 saturated carbocycles. The fourth-order valence-electron chi connectivity index (χ4n) is 9.36. The van der Waals surface area contributed by atoms with Crippen molar-refractivity contribution in [3.63, 3.8) is 0 Å². The Hall–Kier alpha value is -3.92. The second-order valence-electron chi connectivity index (χ2n) is 16.1. The fraction of sp³-hybridized carbons (Fsp3) is 0.610. The van der Waals surface area contributed by atoms with E-state index < -0.39 is 6.09 Å². The van der Waals surface area contributed by atoms with Gasteiger partial charge in [-0.25, -0.2) is 9.78 Å². The minimum atomic E-state index is -0.466. The summed E-state index contributed by atoms with van der Waals surface area (Å²) < 4.78 is 12.9. The van der Waals surface area contributed by atoms with Crippen molar-refractivity contribution in [3.8, 4) is 16.9 Å². The Kier molecular flexibility index (Phi) is 10.4. The van der Waals surface area contributed by atoms with Crippen LogP contribution < -0.4 is 15.0 Å². The zero-order valence-electron chi connectivity index (χ0n) is 30.6. The van der Waals surface area contributed by atoms with E-state index in [2.05, 4.69) is 46.5 Å². The second kappa shape index (κ2) is 15.0. The Bertz CT molecular complexity index is 1670. The maximum atomic E-state index is 14.4. The number of hydrogen-bond donors (Lipinski definition) is 2. The fourth-order valence-corrected chi connectivity index (χ4v) is 9.36. The van der Waals surface area contributed by atoms with Gasteiger partial charge >= 0.3 is 6.09 Å². The molecule has 10 heteroatoms. The number of aliphatic hydroxyl groups is 1. The van der Waals surface area contributed by atoms with Crippen LogP contribution in [0.3, 0.4) is 0 Å². The average molecular weight is 698 g/mol. The van der Waals surface area contributed by atoms with Crippen molar-refractivity contribution in [1.29, 1.82) is 0 Å². The molecule has 2 aromatic heterocycles. The number of benzene rings is 1. The maximum absolute atomic E-state index is 14.4. The van der Waals surface area contributed by atoms with E-state index >= 15 is 0 Å². The number of nitrogens with one attached hydrogen (secondary N) is 1. The number of aromatic nitrogens is 3. The molecule has 0 aliphatic heterocycles. The molecule has 2 amide bonds. The first-order chi connectivity index (χ1) is 24.7. The number of carbonyl (C=O) groups excluding carboxylic acids is 2. The Morgan fingerprint density at radius 3 is 2.47 bits per heavy atom. The van der Waals surface area contributed by atoms with Crippen LogP contribution in [0.15, 0.2) is 48.9 Å². The molecule has 274 valence electrons. The van der Waals surface area contributed by atoms with Crippen molar-refractivity contribution in [2.75, 3.05) is 25.2 Å². The maximum Gasteiger partial charge on any atom is 0.407 e. The highest BCUT2D eigenvalue weighted by atomic mass is 16.5. The van der Waals surface area contributed by atoms with E-state index in [1.807, 2.05) is 36.3 Å². The summed E-state index contributed by atoms with van der Waals surface area (Å²) in [5.74, 6) is 1.95. The van der Waals surface area contributed by atoms with E-state index in [9.17, 15) is 14.7 Å². The van der Waals surface area contributed by atoms with Gasteiger partial charge in [0, 0.05) is 36.5 Å². The summed E-state index contributed by atoms with van der Waals surface area (Å²) in [6.45, 7) is 4.99. The van der Waals surface area contributed by atoms with Crippen LogP contribution >= 0.6 is 0 Å². The Balaban J connectivity index is 1.05. The molecule has 2 heterocycles. The first-order valence-electron chi connectivity index (χ1n) is 19.2. The molecule has 5 aliphatic rings. The lowest BCUT2D eigenvalue weighted by atomic mass is 9.51. The molecular formula is C41H55N5O5. The van der Waals surface area contributed by atoms with E-state index in [1.165, 1.54) is 17.5 Å². The van der Waals surface area contributed by atoms with Gasteiger partial charge in [-0.3, -0.25) is 14.4 Å². The molecule has 10 nitrogen and oxygen atoms in total. The summed E-state index contributed by atoms with van der Waals surface area (Å²) in [6, 6.07) is 10.5. The third-order valence-corrected chi connectivity index (χ3v) is 12.7. The lowest BCUT2D eigenvalue weighted by molar-refractivity contribution is -0.124. The highest BCUT2D eigenvalue weighted by Crippen LogP contribution is 2.58. The molecular weight excluding hydrogens is 642 g/mol. The summed E-state index contributed by atoms with van der Waals surface area (Å²) in [5, 5.41) is 17.2. The van der Waals surface area contributed by atoms with E-state index in [0.29, 0.717) is 19.4 Å². The summed E-state index contributed by atoms with van der Waals surface area (Å²) in [6.07, 6.45) is 18.9. The van der Waals surface area contributed by atoms with Gasteiger partial charge in [0.25, 0.3) is 0 Å². The van der Waals surface area contributed by atoms with Gasteiger partial charge in [0.05, 0.1) is 25.5 Å². The van der Waals surface area contributed by atoms with Gasteiger partial charge in [-0.1, -0.05) is 31.4 Å². The lowest BCUT2D eigenvalue weighted by Crippen LogP contribution is -2.51. The minimum absolute atomic E-state index is 0.0439. The molecule has 5 aliphatic carbocycles. The number of amides is 2. The molecule has 51 heavy (non-hydrogen) atoms. The summed E-state index contributed by atoms with van der Waals surface area (Å²) in [7, 11) is 1.74. The molecule has 8 rings (SSSR count). The highest BCUT2D eigenvalue weighted by Gasteiger charge is 2.50. The SMILES string of the molecule is COc1ccc(C23CCC(CN(C(=O)C4CCCCC4)c4cc(-c5cnn(C(C)COC(=O)NC6CCC(O)C6)c5)ccn4)(CC2)CC3)cc1C. The molecule has 0 radical (unpaired) electrons. The highest BCUT2D eigenvalue weighted by molar-refractivity contribution is 5.95. The smallest absolute Gasteiger partial charge is 0.407 e. The monoisotopic (exact) mass is 697 g/mol. The molecule has 3 atom stereocenters. The quantitative estimate of drug-likeness (QED) is 0.211. The summed E-state index contributed by atoms with van der Waals surface area (Å²) in [5.41, 5.74) is 4.81. The number of ether oxygens (including phenoxy) is 2. The number of nitrogens with zero attached hydrogens (tertiary/aromatic N) is 4. The van der Waals surface area contributed by atoms with Crippen molar-refractivity contribution in [2.24, 2.45) is 11.3 Å². The number of carbonyl (C=O) groups is 2. The van der Waals surface area contributed by atoms with Crippen molar-refractivity contribution in [1.82, 2.24) is 20.1 Å². The molecule has 5 fully saturated rings. The van der Waals surface area contributed by atoms with Crippen LogP contribution in [0, 0.1) is 18.3 Å². The van der Waals surface area contributed by atoms with Crippen molar-refractivity contribution >= 4 is 17.8 Å². The van der Waals surface area contributed by atoms with E-state index in [1.54, 1.807) is 7.11 Å². The Morgan fingerprint density at radius 1 is 1.02 bits per heavy atom. The Labute approximate surface area is 302 Å². The van der Waals surface area contributed by atoms with Crippen LogP contribution in [-0.4, -0.2) is 64.3 Å². The largest absolute Gasteiger partial charge is 0.496 e. The lowest BCUT2D eigenvalue weighted by Gasteiger charge is -2.55. The van der Waals surface area contributed by atoms with Gasteiger partial charge < -0.3 is 19.9 Å². The molecule has 0 spiro atoms. The van der Waals surface area contributed by atoms with Gasteiger partial charge in [-0.2, -0.15) is 5.10 Å². The number of hydrogen-bond acceptors (Lipinski definition) is 7. The predicted octanol–water partition coefficient (Wildman–Crippen LogP) is 7.67. The van der Waals surface area contributed by atoms with Gasteiger partial charge in [-0.15, -0.1) is 0 Å². The number of alkyl carbamates (subject to hydrolysis) is 1. The number of anilines is 1. The zero-order chi connectivity index (χ0) is 35.6. The van der Waals surface area contributed by atoms with Crippen molar-refractivity contribution < 1.29 is 24.2 Å². The van der Waals surface area contributed by atoms with Gasteiger partial charge in [0.2, 0.25) is 5.91 Å². The number of aliphatic hydroxyl groups excluding tert-OH is 1. The minimum Gasteiger partial charge on any atom is -0.496 e. The van der Waals surface area contributed by atoms with E-state index in [-0.39, 0.29) is 47.4 Å². The summed E-state index contributed by atoms with van der Waals surface area (Å²) >= 11 is 0. The average Bonchev–Trinajstić information content (AvgIpc) is 3.83. The van der Waals surface area contributed by atoms with Crippen LogP contribution in [0.4, 0.5) is 10.6 Å².